The molecule has 3 rings (SSSR count). The third kappa shape index (κ3) is 2.52. The van der Waals surface area contributed by atoms with E-state index in [1.807, 2.05) is 12.1 Å². The molecule has 0 aliphatic rings. The van der Waals surface area contributed by atoms with E-state index in [0.29, 0.717) is 0 Å². The minimum Gasteiger partial charge on any atom is -0.497 e. The standard InChI is InChI=1S/C13H13N5O/c1-19-10-4-5-15-9(6-10)2-3-12-17-11-7-14-8-16-13(11)18-12/h4-8H,2-3H2,1H3,(H,14,16,17,18). The van der Waals surface area contributed by atoms with Crippen LogP contribution in [0.3, 0.4) is 0 Å². The molecule has 0 fully saturated rings. The number of hydrogen-bond donors (Lipinski definition) is 1. The number of fused-ring (bicyclic) bond motifs is 1. The number of nitrogens with zero attached hydrogens (tertiary/aromatic N) is 4. The van der Waals surface area contributed by atoms with E-state index in [0.717, 1.165) is 41.3 Å². The molecule has 3 aromatic rings. The predicted molar refractivity (Wildman–Crippen MR) is 69.9 cm³/mol. The molecule has 0 bridgehead atoms. The number of H-pyrrole nitrogens is 1. The van der Waals surface area contributed by atoms with Crippen LogP contribution >= 0.6 is 0 Å². The Hall–Kier alpha value is -2.50. The Morgan fingerprint density at radius 3 is 3.05 bits per heavy atom. The number of imidazole rings is 1. The molecule has 19 heavy (non-hydrogen) atoms. The Bertz CT molecular complexity index is 661. The lowest BCUT2D eigenvalue weighted by molar-refractivity contribution is 0.413. The van der Waals surface area contributed by atoms with Gasteiger partial charge in [0.05, 0.1) is 13.3 Å². The summed E-state index contributed by atoms with van der Waals surface area (Å²) in [5.74, 6) is 1.71. The number of ether oxygens (including phenoxy) is 1. The van der Waals surface area contributed by atoms with Crippen molar-refractivity contribution in [3.05, 3.63) is 42.4 Å². The van der Waals surface area contributed by atoms with Crippen molar-refractivity contribution in [1.82, 2.24) is 24.9 Å². The number of aromatic nitrogens is 5. The molecule has 0 radical (unpaired) electrons. The normalized spacial score (nSPS) is 10.8. The molecule has 0 aromatic carbocycles. The van der Waals surface area contributed by atoms with Gasteiger partial charge < -0.3 is 9.72 Å². The Morgan fingerprint density at radius 1 is 1.26 bits per heavy atom. The maximum absolute atomic E-state index is 5.17. The summed E-state index contributed by atoms with van der Waals surface area (Å²) < 4.78 is 5.17. The molecular weight excluding hydrogens is 242 g/mol. The number of methoxy groups -OCH3 is 1. The first-order chi connectivity index (χ1) is 9.35. The molecule has 96 valence electrons. The molecule has 3 aromatic heterocycles. The molecule has 0 atom stereocenters. The van der Waals surface area contributed by atoms with Gasteiger partial charge in [-0.3, -0.25) is 4.98 Å². The lowest BCUT2D eigenvalue weighted by Crippen LogP contribution is -1.96. The Balaban J connectivity index is 1.74. The van der Waals surface area contributed by atoms with Gasteiger partial charge in [-0.15, -0.1) is 0 Å². The average Bonchev–Trinajstić information content (AvgIpc) is 2.88. The molecule has 0 saturated carbocycles. The van der Waals surface area contributed by atoms with Gasteiger partial charge in [0.1, 0.15) is 23.4 Å². The Morgan fingerprint density at radius 2 is 2.21 bits per heavy atom. The first kappa shape index (κ1) is 11.6. The van der Waals surface area contributed by atoms with Crippen LogP contribution in [0, 0.1) is 0 Å². The van der Waals surface area contributed by atoms with E-state index >= 15 is 0 Å². The molecule has 6 heteroatoms. The highest BCUT2D eigenvalue weighted by Gasteiger charge is 2.05. The van der Waals surface area contributed by atoms with E-state index in [2.05, 4.69) is 24.9 Å². The van der Waals surface area contributed by atoms with Crippen LogP contribution in [0.4, 0.5) is 0 Å². The van der Waals surface area contributed by atoms with Crippen LogP contribution in [0.15, 0.2) is 30.9 Å². The fourth-order valence-electron chi connectivity index (χ4n) is 1.90. The summed E-state index contributed by atoms with van der Waals surface area (Å²) in [4.78, 5) is 20.0. The van der Waals surface area contributed by atoms with Gasteiger partial charge in [-0.25, -0.2) is 15.0 Å². The summed E-state index contributed by atoms with van der Waals surface area (Å²) >= 11 is 0. The second-order valence-corrected chi connectivity index (χ2v) is 4.13. The third-order valence-corrected chi connectivity index (χ3v) is 2.85. The van der Waals surface area contributed by atoms with E-state index in [-0.39, 0.29) is 0 Å². The number of pyridine rings is 1. The summed E-state index contributed by atoms with van der Waals surface area (Å²) in [6.07, 6.45) is 6.53. The zero-order valence-corrected chi connectivity index (χ0v) is 10.5. The molecule has 6 nitrogen and oxygen atoms in total. The van der Waals surface area contributed by atoms with Gasteiger partial charge in [0.2, 0.25) is 0 Å². The maximum Gasteiger partial charge on any atom is 0.160 e. The summed E-state index contributed by atoms with van der Waals surface area (Å²) in [7, 11) is 1.65. The molecule has 0 saturated heterocycles. The highest BCUT2D eigenvalue weighted by Crippen LogP contribution is 2.12. The van der Waals surface area contributed by atoms with Crippen LogP contribution in [0.5, 0.6) is 5.75 Å². The summed E-state index contributed by atoms with van der Waals surface area (Å²) in [5, 5.41) is 0. The van der Waals surface area contributed by atoms with E-state index in [1.54, 1.807) is 19.5 Å². The van der Waals surface area contributed by atoms with E-state index in [1.165, 1.54) is 6.33 Å². The number of nitrogens with one attached hydrogen (secondary N) is 1. The lowest BCUT2D eigenvalue weighted by atomic mass is 10.2. The average molecular weight is 255 g/mol. The van der Waals surface area contributed by atoms with Crippen molar-refractivity contribution in [3.8, 4) is 5.75 Å². The minimum atomic E-state index is 0.767. The third-order valence-electron chi connectivity index (χ3n) is 2.85. The summed E-state index contributed by atoms with van der Waals surface area (Å²) in [6, 6.07) is 3.77. The van der Waals surface area contributed by atoms with Crippen molar-refractivity contribution in [2.24, 2.45) is 0 Å². The van der Waals surface area contributed by atoms with Crippen molar-refractivity contribution < 1.29 is 4.74 Å². The van der Waals surface area contributed by atoms with Gasteiger partial charge in [0, 0.05) is 24.4 Å². The van der Waals surface area contributed by atoms with Crippen LogP contribution in [-0.2, 0) is 12.8 Å². The Kier molecular flexibility index (Phi) is 3.06. The molecule has 0 unspecified atom stereocenters. The van der Waals surface area contributed by atoms with Crippen molar-refractivity contribution in [2.75, 3.05) is 7.11 Å². The molecule has 0 amide bonds. The van der Waals surface area contributed by atoms with Crippen LogP contribution < -0.4 is 4.74 Å². The molecule has 0 aliphatic carbocycles. The first-order valence-corrected chi connectivity index (χ1v) is 5.98. The monoisotopic (exact) mass is 255 g/mol. The van der Waals surface area contributed by atoms with Gasteiger partial charge in [0.15, 0.2) is 5.65 Å². The SMILES string of the molecule is COc1ccnc(CCc2nc3cncnc3[nH]2)c1. The minimum absolute atomic E-state index is 0.767. The number of rotatable bonds is 4. The van der Waals surface area contributed by atoms with Crippen molar-refractivity contribution >= 4 is 11.2 Å². The second kappa shape index (κ2) is 5.01. The zero-order valence-electron chi connectivity index (χ0n) is 10.5. The predicted octanol–water partition coefficient (Wildman–Crippen LogP) is 1.54. The van der Waals surface area contributed by atoms with E-state index in [4.69, 9.17) is 4.74 Å². The van der Waals surface area contributed by atoms with Gasteiger partial charge in [-0.1, -0.05) is 0 Å². The number of aryl methyl sites for hydroxylation is 2. The van der Waals surface area contributed by atoms with Crippen LogP contribution in [0.25, 0.3) is 11.2 Å². The molecule has 1 N–H and O–H groups in total. The van der Waals surface area contributed by atoms with Crippen LogP contribution in [-0.4, -0.2) is 32.0 Å². The fourth-order valence-corrected chi connectivity index (χ4v) is 1.90. The van der Waals surface area contributed by atoms with E-state index in [9.17, 15) is 0 Å². The number of aromatic amines is 1. The van der Waals surface area contributed by atoms with Gasteiger partial charge >= 0.3 is 0 Å². The molecular formula is C13H13N5O. The van der Waals surface area contributed by atoms with Crippen molar-refractivity contribution in [3.63, 3.8) is 0 Å². The Labute approximate surface area is 109 Å². The smallest absolute Gasteiger partial charge is 0.160 e. The summed E-state index contributed by atoms with van der Waals surface area (Å²) in [6.45, 7) is 0. The van der Waals surface area contributed by atoms with Crippen molar-refractivity contribution in [1.29, 1.82) is 0 Å². The van der Waals surface area contributed by atoms with Gasteiger partial charge in [-0.2, -0.15) is 0 Å². The first-order valence-electron chi connectivity index (χ1n) is 5.98. The van der Waals surface area contributed by atoms with Crippen molar-refractivity contribution in [2.45, 2.75) is 12.8 Å². The maximum atomic E-state index is 5.17. The van der Waals surface area contributed by atoms with Crippen LogP contribution in [0.1, 0.15) is 11.5 Å². The highest BCUT2D eigenvalue weighted by atomic mass is 16.5. The van der Waals surface area contributed by atoms with Gasteiger partial charge in [-0.05, 0) is 12.5 Å². The van der Waals surface area contributed by atoms with E-state index < -0.39 is 0 Å². The topological polar surface area (TPSA) is 76.6 Å². The van der Waals surface area contributed by atoms with Gasteiger partial charge in [0.25, 0.3) is 0 Å². The quantitative estimate of drug-likeness (QED) is 0.765. The second-order valence-electron chi connectivity index (χ2n) is 4.13. The van der Waals surface area contributed by atoms with Crippen LogP contribution in [0.2, 0.25) is 0 Å². The number of hydrogen-bond acceptors (Lipinski definition) is 5. The highest BCUT2D eigenvalue weighted by molar-refractivity contribution is 5.68. The summed E-state index contributed by atoms with van der Waals surface area (Å²) in [5.41, 5.74) is 2.53. The molecule has 3 heterocycles. The molecule has 0 aliphatic heterocycles. The largest absolute Gasteiger partial charge is 0.497 e. The molecule has 0 spiro atoms. The lowest BCUT2D eigenvalue weighted by Gasteiger charge is -2.02. The zero-order chi connectivity index (χ0) is 13.1. The fraction of sp³-hybridized carbons (Fsp3) is 0.231.